The fourth-order valence-electron chi connectivity index (χ4n) is 2.42. The van der Waals surface area contributed by atoms with E-state index in [1.54, 1.807) is 25.1 Å². The Morgan fingerprint density at radius 3 is 2.42 bits per heavy atom. The maximum atomic E-state index is 12.2. The molecule has 2 rings (SSSR count). The normalized spacial score (nSPS) is 10.3. The minimum atomic E-state index is -0.642. The van der Waals surface area contributed by atoms with E-state index in [0.29, 0.717) is 22.6 Å². The Morgan fingerprint density at radius 2 is 1.79 bits per heavy atom. The summed E-state index contributed by atoms with van der Waals surface area (Å²) in [6.07, 6.45) is 0. The highest BCUT2D eigenvalue weighted by Gasteiger charge is 2.27. The van der Waals surface area contributed by atoms with Crippen LogP contribution in [0.2, 0.25) is 0 Å². The molecule has 0 fully saturated rings. The number of carbonyl (C=O) groups is 2. The van der Waals surface area contributed by atoms with Gasteiger partial charge in [-0.1, -0.05) is 12.1 Å². The maximum Gasteiger partial charge on any atom is 0.355 e. The van der Waals surface area contributed by atoms with Crippen LogP contribution in [-0.2, 0) is 14.2 Å². The Bertz CT molecular complexity index is 750. The van der Waals surface area contributed by atoms with Crippen molar-refractivity contribution in [2.24, 2.45) is 0 Å². The van der Waals surface area contributed by atoms with Crippen molar-refractivity contribution in [1.29, 1.82) is 0 Å². The number of ether oxygens (including phenoxy) is 4. The van der Waals surface area contributed by atoms with Gasteiger partial charge in [0.1, 0.15) is 17.0 Å². The molecule has 7 heteroatoms. The number of aromatic amines is 1. The molecule has 0 saturated carbocycles. The number of H-pyrrole nitrogens is 1. The standard InChI is InChI=1S/C17H19NO6/c1-10-13(11-6-5-7-12(8-11)24-9-21-2)14(16(19)22-3)15(18-10)17(20)23-4/h5-8,18H,9H2,1-4H3. The van der Waals surface area contributed by atoms with Crippen LogP contribution in [0.15, 0.2) is 24.3 Å². The summed E-state index contributed by atoms with van der Waals surface area (Å²) in [5, 5.41) is 0. The molecular formula is C17H19NO6. The van der Waals surface area contributed by atoms with Gasteiger partial charge in [-0.2, -0.15) is 0 Å². The van der Waals surface area contributed by atoms with Crippen molar-refractivity contribution in [2.45, 2.75) is 6.92 Å². The Balaban J connectivity index is 2.59. The molecule has 0 amide bonds. The van der Waals surface area contributed by atoms with E-state index in [4.69, 9.17) is 18.9 Å². The third-order valence-corrected chi connectivity index (χ3v) is 3.43. The van der Waals surface area contributed by atoms with Crippen molar-refractivity contribution < 1.29 is 28.5 Å². The first-order valence-electron chi connectivity index (χ1n) is 7.14. The molecule has 128 valence electrons. The van der Waals surface area contributed by atoms with E-state index < -0.39 is 11.9 Å². The number of hydrogen-bond donors (Lipinski definition) is 1. The zero-order chi connectivity index (χ0) is 17.7. The monoisotopic (exact) mass is 333 g/mol. The molecule has 7 nitrogen and oxygen atoms in total. The molecule has 2 aromatic rings. The minimum Gasteiger partial charge on any atom is -0.468 e. The third kappa shape index (κ3) is 3.41. The van der Waals surface area contributed by atoms with Crippen molar-refractivity contribution in [2.75, 3.05) is 28.1 Å². The molecular weight excluding hydrogens is 314 g/mol. The molecule has 0 aliphatic rings. The smallest absolute Gasteiger partial charge is 0.355 e. The van der Waals surface area contributed by atoms with Gasteiger partial charge in [0.25, 0.3) is 0 Å². The van der Waals surface area contributed by atoms with Gasteiger partial charge in [0.05, 0.1) is 14.2 Å². The summed E-state index contributed by atoms with van der Waals surface area (Å²) >= 11 is 0. The fraction of sp³-hybridized carbons (Fsp3) is 0.294. The van der Waals surface area contributed by atoms with E-state index in [9.17, 15) is 9.59 Å². The minimum absolute atomic E-state index is 0.0556. The quantitative estimate of drug-likeness (QED) is 0.646. The summed E-state index contributed by atoms with van der Waals surface area (Å²) in [6.45, 7) is 1.86. The average Bonchev–Trinajstić information content (AvgIpc) is 2.96. The summed E-state index contributed by atoms with van der Waals surface area (Å²) in [5.41, 5.74) is 2.09. The second kappa shape index (κ2) is 7.65. The lowest BCUT2D eigenvalue weighted by atomic mass is 10.00. The first-order chi connectivity index (χ1) is 11.5. The van der Waals surface area contributed by atoms with Crippen LogP contribution in [0, 0.1) is 6.92 Å². The molecule has 1 N–H and O–H groups in total. The fourth-order valence-corrected chi connectivity index (χ4v) is 2.42. The highest BCUT2D eigenvalue weighted by atomic mass is 16.7. The van der Waals surface area contributed by atoms with E-state index in [1.807, 2.05) is 6.07 Å². The summed E-state index contributed by atoms with van der Waals surface area (Å²) < 4.78 is 19.9. The largest absolute Gasteiger partial charge is 0.468 e. The van der Waals surface area contributed by atoms with E-state index in [2.05, 4.69) is 4.98 Å². The number of nitrogens with one attached hydrogen (secondary N) is 1. The highest BCUT2D eigenvalue weighted by molar-refractivity contribution is 6.08. The zero-order valence-corrected chi connectivity index (χ0v) is 14.0. The third-order valence-electron chi connectivity index (χ3n) is 3.43. The lowest BCUT2D eigenvalue weighted by molar-refractivity contribution is 0.0511. The molecule has 0 saturated heterocycles. The summed E-state index contributed by atoms with van der Waals surface area (Å²) in [4.78, 5) is 27.1. The maximum absolute atomic E-state index is 12.2. The van der Waals surface area contributed by atoms with Crippen LogP contribution < -0.4 is 4.74 Å². The summed E-state index contributed by atoms with van der Waals surface area (Å²) in [7, 11) is 4.03. The number of methoxy groups -OCH3 is 3. The molecule has 0 atom stereocenters. The SMILES string of the molecule is COCOc1cccc(-c2c(C)[nH]c(C(=O)OC)c2C(=O)OC)c1. The molecule has 0 aliphatic carbocycles. The zero-order valence-electron chi connectivity index (χ0n) is 14.0. The first-order valence-corrected chi connectivity index (χ1v) is 7.14. The van der Waals surface area contributed by atoms with Crippen molar-refractivity contribution in [3.05, 3.63) is 41.2 Å². The lowest BCUT2D eigenvalue weighted by Crippen LogP contribution is -2.11. The van der Waals surface area contributed by atoms with E-state index in [1.165, 1.54) is 21.3 Å². The van der Waals surface area contributed by atoms with Gasteiger partial charge in [0.15, 0.2) is 6.79 Å². The number of hydrogen-bond acceptors (Lipinski definition) is 6. The molecule has 0 radical (unpaired) electrons. The Labute approximate surface area is 139 Å². The van der Waals surface area contributed by atoms with Crippen LogP contribution in [0.25, 0.3) is 11.1 Å². The second-order valence-corrected chi connectivity index (χ2v) is 4.94. The van der Waals surface area contributed by atoms with Gasteiger partial charge >= 0.3 is 11.9 Å². The average molecular weight is 333 g/mol. The van der Waals surface area contributed by atoms with Crippen molar-refractivity contribution >= 4 is 11.9 Å². The van der Waals surface area contributed by atoms with Crippen molar-refractivity contribution in [3.63, 3.8) is 0 Å². The predicted octanol–water partition coefficient (Wildman–Crippen LogP) is 2.55. The van der Waals surface area contributed by atoms with Crippen LogP contribution in [0.4, 0.5) is 0 Å². The van der Waals surface area contributed by atoms with Crippen LogP contribution >= 0.6 is 0 Å². The van der Waals surface area contributed by atoms with Crippen molar-refractivity contribution in [1.82, 2.24) is 4.98 Å². The molecule has 1 heterocycles. The number of esters is 2. The topological polar surface area (TPSA) is 86.9 Å². The molecule has 0 aliphatic heterocycles. The predicted molar refractivity (Wildman–Crippen MR) is 86.1 cm³/mol. The number of benzene rings is 1. The molecule has 0 spiro atoms. The Hall–Kier alpha value is -2.80. The van der Waals surface area contributed by atoms with Gasteiger partial charge in [-0.3, -0.25) is 0 Å². The summed E-state index contributed by atoms with van der Waals surface area (Å²) in [6, 6.07) is 7.11. The van der Waals surface area contributed by atoms with Crippen molar-refractivity contribution in [3.8, 4) is 16.9 Å². The van der Waals surface area contributed by atoms with Gasteiger partial charge in [0, 0.05) is 18.4 Å². The van der Waals surface area contributed by atoms with E-state index in [0.717, 1.165) is 0 Å². The number of aryl methyl sites for hydroxylation is 1. The Morgan fingerprint density at radius 1 is 1.08 bits per heavy atom. The summed E-state index contributed by atoms with van der Waals surface area (Å²) in [5.74, 6) is -0.695. The van der Waals surface area contributed by atoms with Gasteiger partial charge < -0.3 is 23.9 Å². The highest BCUT2D eigenvalue weighted by Crippen LogP contribution is 2.33. The van der Waals surface area contributed by atoms with Crippen LogP contribution in [0.5, 0.6) is 5.75 Å². The number of rotatable bonds is 6. The molecule has 0 unspecified atom stereocenters. The van der Waals surface area contributed by atoms with Gasteiger partial charge in [0.2, 0.25) is 0 Å². The number of aromatic nitrogens is 1. The molecule has 0 bridgehead atoms. The molecule has 1 aromatic heterocycles. The second-order valence-electron chi connectivity index (χ2n) is 4.94. The van der Waals surface area contributed by atoms with E-state index in [-0.39, 0.29) is 18.1 Å². The van der Waals surface area contributed by atoms with Gasteiger partial charge in [-0.05, 0) is 24.6 Å². The molecule has 1 aromatic carbocycles. The van der Waals surface area contributed by atoms with Gasteiger partial charge in [-0.15, -0.1) is 0 Å². The van der Waals surface area contributed by atoms with E-state index >= 15 is 0 Å². The molecule has 24 heavy (non-hydrogen) atoms. The van der Waals surface area contributed by atoms with Gasteiger partial charge in [-0.25, -0.2) is 9.59 Å². The van der Waals surface area contributed by atoms with Crippen LogP contribution in [0.3, 0.4) is 0 Å². The first kappa shape index (κ1) is 17.6. The Kier molecular flexibility index (Phi) is 5.59. The van der Waals surface area contributed by atoms with Crippen LogP contribution in [0.1, 0.15) is 26.5 Å². The lowest BCUT2D eigenvalue weighted by Gasteiger charge is -2.09. The van der Waals surface area contributed by atoms with Crippen LogP contribution in [-0.4, -0.2) is 45.0 Å². The number of carbonyl (C=O) groups excluding carboxylic acids is 2.